The molecule has 92 valence electrons. The van der Waals surface area contributed by atoms with E-state index in [0.29, 0.717) is 12.6 Å². The molecule has 0 rings (SSSR count). The molecule has 0 aromatic carbocycles. The van der Waals surface area contributed by atoms with Crippen LogP contribution < -0.4 is 0 Å². The molecule has 0 aliphatic heterocycles. The molecular weight excluding hydrogens is 285 g/mol. The molecule has 17 heavy (non-hydrogen) atoms. The number of hydrogen-bond acceptors (Lipinski definition) is 1. The van der Waals surface area contributed by atoms with Crippen molar-refractivity contribution in [3.8, 4) is 12.3 Å². The minimum absolute atomic E-state index is 0.500. The Morgan fingerprint density at radius 1 is 1.12 bits per heavy atom. The standard InChI is InChI=1S/C6H10NP.4CO.Fe/c1-4-5-7(8)6(2)3;4*1-2;/h1,6H,5H2,2-3H3;;;;;. The number of hydrogen-bond donors (Lipinski definition) is 0. The van der Waals surface area contributed by atoms with Crippen molar-refractivity contribution < 1.29 is 33.7 Å². The summed E-state index contributed by atoms with van der Waals surface area (Å²) in [6.07, 6.45) is 5.12. The summed E-state index contributed by atoms with van der Waals surface area (Å²) >= 11 is 3.73. The van der Waals surface area contributed by atoms with E-state index in [4.69, 9.17) is 25.0 Å². The van der Waals surface area contributed by atoms with Gasteiger partial charge in [0.15, 0.2) is 0 Å². The first-order chi connectivity index (χ1) is 8.22. The molecule has 0 unspecified atom stereocenters. The Kier molecular flexibility index (Phi) is 79.8. The molecule has 0 bridgehead atoms. The van der Waals surface area contributed by atoms with E-state index in [1.54, 1.807) is 0 Å². The molecule has 0 heterocycles. The molecule has 5 nitrogen and oxygen atoms in total. The third kappa shape index (κ3) is 39.3. The molecule has 0 N–H and O–H groups in total. The quantitative estimate of drug-likeness (QED) is 0.255. The maximum atomic E-state index is 7.50. The minimum atomic E-state index is 0.500. The SMILES string of the molecule is C#CCN([P]=[Fe])C(C)C.[C-]#[O+].[C-]#[O+].[C-]#[O+].[C-]#[O+]. The van der Waals surface area contributed by atoms with Gasteiger partial charge in [0, 0.05) is 0 Å². The van der Waals surface area contributed by atoms with Crippen LogP contribution in [0, 0.1) is 38.9 Å². The van der Waals surface area contributed by atoms with E-state index in [2.05, 4.69) is 66.1 Å². The van der Waals surface area contributed by atoms with Crippen molar-refractivity contribution in [1.82, 2.24) is 4.67 Å². The van der Waals surface area contributed by atoms with Crippen LogP contribution in [0.25, 0.3) is 0 Å². The van der Waals surface area contributed by atoms with Crippen molar-refractivity contribution in [3.05, 3.63) is 26.6 Å². The van der Waals surface area contributed by atoms with Crippen LogP contribution in [0.3, 0.4) is 0 Å². The fraction of sp³-hybridized carbons (Fsp3) is 0.400. The first-order valence-electron chi connectivity index (χ1n) is 3.55. The molecule has 0 radical (unpaired) electrons. The molecule has 0 saturated carbocycles. The molecule has 0 aliphatic rings. The van der Waals surface area contributed by atoms with Gasteiger partial charge in [-0.2, -0.15) is 0 Å². The maximum absolute atomic E-state index is 7.50. The van der Waals surface area contributed by atoms with E-state index in [1.165, 1.54) is 0 Å². The average molecular weight is 295 g/mol. The van der Waals surface area contributed by atoms with E-state index in [1.807, 2.05) is 0 Å². The topological polar surface area (TPSA) is 82.8 Å². The van der Waals surface area contributed by atoms with E-state index in [-0.39, 0.29) is 0 Å². The molecular formula is C10H10FeNO4P. The Bertz CT molecular complexity index is 241. The first kappa shape index (κ1) is 29.9. The van der Waals surface area contributed by atoms with Crippen molar-refractivity contribution in [2.75, 3.05) is 6.54 Å². The van der Waals surface area contributed by atoms with Crippen LogP contribution in [0.1, 0.15) is 13.8 Å². The van der Waals surface area contributed by atoms with Crippen molar-refractivity contribution in [1.29, 1.82) is 0 Å². The molecule has 0 aromatic heterocycles. The zero-order chi connectivity index (χ0) is 15.3. The monoisotopic (exact) mass is 295 g/mol. The van der Waals surface area contributed by atoms with E-state index < -0.39 is 0 Å². The summed E-state index contributed by atoms with van der Waals surface area (Å²) in [6.45, 7) is 23.9. The second kappa shape index (κ2) is 45.4. The molecule has 0 aliphatic carbocycles. The molecule has 0 spiro atoms. The summed E-state index contributed by atoms with van der Waals surface area (Å²) in [5.74, 6) is 2.58. The van der Waals surface area contributed by atoms with Crippen LogP contribution in [-0.4, -0.2) is 17.3 Å². The number of terminal acetylenes is 1. The number of rotatable bonds is 3. The summed E-state index contributed by atoms with van der Waals surface area (Å²) in [6, 6.07) is 0.500. The van der Waals surface area contributed by atoms with Crippen LogP contribution in [0.2, 0.25) is 0 Å². The number of nitrogens with zero attached hydrogens (tertiary/aromatic N) is 1. The van der Waals surface area contributed by atoms with Crippen molar-refractivity contribution in [2.45, 2.75) is 19.9 Å². The van der Waals surface area contributed by atoms with Crippen molar-refractivity contribution >= 4 is 6.98 Å². The van der Waals surface area contributed by atoms with Crippen LogP contribution in [0.15, 0.2) is 0 Å². The van der Waals surface area contributed by atoms with Gasteiger partial charge in [-0.25, -0.2) is 0 Å². The fourth-order valence-electron chi connectivity index (χ4n) is 0.383. The molecule has 0 saturated heterocycles. The van der Waals surface area contributed by atoms with Gasteiger partial charge >= 0.3 is 111 Å². The Balaban J connectivity index is -0.0000000507. The predicted molar refractivity (Wildman–Crippen MR) is 53.3 cm³/mol. The van der Waals surface area contributed by atoms with E-state index >= 15 is 0 Å². The van der Waals surface area contributed by atoms with Crippen LogP contribution in [-0.2, 0) is 33.7 Å². The van der Waals surface area contributed by atoms with Gasteiger partial charge in [-0.15, -0.1) is 0 Å². The second-order valence-corrected chi connectivity index (χ2v) is 3.28. The van der Waals surface area contributed by atoms with Gasteiger partial charge in [0.25, 0.3) is 0 Å². The molecule has 0 fully saturated rings. The Morgan fingerprint density at radius 2 is 1.41 bits per heavy atom. The van der Waals surface area contributed by atoms with Gasteiger partial charge in [0.05, 0.1) is 0 Å². The molecule has 0 aromatic rings. The van der Waals surface area contributed by atoms with E-state index in [0.717, 1.165) is 6.98 Å². The average Bonchev–Trinajstić information content (AvgIpc) is 2.44. The predicted octanol–water partition coefficient (Wildman–Crippen LogP) is 1.50. The van der Waals surface area contributed by atoms with Crippen molar-refractivity contribution in [2.24, 2.45) is 0 Å². The Hall–Kier alpha value is -0.701. The van der Waals surface area contributed by atoms with Crippen LogP contribution in [0.4, 0.5) is 0 Å². The molecule has 7 heteroatoms. The summed E-state index contributed by atoms with van der Waals surface area (Å²) in [7, 11) is 0. The zero-order valence-electron chi connectivity index (χ0n) is 9.24. The fourth-order valence-corrected chi connectivity index (χ4v) is 1.68. The molecule has 0 amide bonds. The zero-order valence-corrected chi connectivity index (χ0v) is 11.2. The summed E-state index contributed by atoms with van der Waals surface area (Å²) < 4.78 is 32.1. The van der Waals surface area contributed by atoms with Gasteiger partial charge in [0.2, 0.25) is 0 Å². The van der Waals surface area contributed by atoms with Gasteiger partial charge < -0.3 is 0 Å². The van der Waals surface area contributed by atoms with Crippen LogP contribution in [0.5, 0.6) is 0 Å². The van der Waals surface area contributed by atoms with Gasteiger partial charge in [-0.3, -0.25) is 0 Å². The second-order valence-electron chi connectivity index (χ2n) is 1.97. The summed E-state index contributed by atoms with van der Waals surface area (Å²) in [5, 5.41) is 0. The normalized spacial score (nSPS) is 6.12. The third-order valence-electron chi connectivity index (χ3n) is 0.940. The van der Waals surface area contributed by atoms with Gasteiger partial charge in [0.1, 0.15) is 0 Å². The van der Waals surface area contributed by atoms with E-state index in [9.17, 15) is 0 Å². The Morgan fingerprint density at radius 3 is 1.47 bits per heavy atom. The van der Waals surface area contributed by atoms with Gasteiger partial charge in [-0.1, -0.05) is 0 Å². The first-order valence-corrected chi connectivity index (χ1v) is 5.74. The summed E-state index contributed by atoms with van der Waals surface area (Å²) in [4.78, 5) is 0. The Labute approximate surface area is 111 Å². The summed E-state index contributed by atoms with van der Waals surface area (Å²) in [5.41, 5.74) is 0. The third-order valence-corrected chi connectivity index (χ3v) is 2.58. The molecule has 0 atom stereocenters. The van der Waals surface area contributed by atoms with Crippen molar-refractivity contribution in [3.63, 3.8) is 0 Å². The van der Waals surface area contributed by atoms with Gasteiger partial charge in [-0.05, 0) is 0 Å². The van der Waals surface area contributed by atoms with Crippen LogP contribution >= 0.6 is 6.98 Å².